The largest absolute Gasteiger partial charge is 0.442 e. The van der Waals surface area contributed by atoms with Crippen LogP contribution in [0.25, 0.3) is 0 Å². The summed E-state index contributed by atoms with van der Waals surface area (Å²) in [7, 11) is 0. The average Bonchev–Trinajstić information content (AvgIpc) is 2.59. The molecule has 3 heteroatoms. The lowest BCUT2D eigenvalue weighted by atomic mass is 9.94. The Balaban J connectivity index is 2.06. The second-order valence-electron chi connectivity index (χ2n) is 3.84. The van der Waals surface area contributed by atoms with Gasteiger partial charge in [-0.1, -0.05) is 6.08 Å². The number of hydrogen-bond acceptors (Lipinski definition) is 2. The number of nitrogens with zero attached hydrogens (tertiary/aromatic N) is 1. The molecule has 0 saturated carbocycles. The minimum absolute atomic E-state index is 0.0556. The summed E-state index contributed by atoms with van der Waals surface area (Å²) < 4.78 is 5.19. The molecule has 3 nitrogen and oxygen atoms in total. The van der Waals surface area contributed by atoms with Crippen molar-refractivity contribution in [1.29, 1.82) is 0 Å². The van der Waals surface area contributed by atoms with Crippen molar-refractivity contribution < 1.29 is 9.53 Å². The molecule has 64 valence electrons. The van der Waals surface area contributed by atoms with Gasteiger partial charge in [-0.2, -0.15) is 0 Å². The molecule has 0 N–H and O–H groups in total. The zero-order valence-corrected chi connectivity index (χ0v) is 6.82. The van der Waals surface area contributed by atoms with Gasteiger partial charge in [0.2, 0.25) is 0 Å². The summed E-state index contributed by atoms with van der Waals surface area (Å²) in [5.74, 6) is 0. The van der Waals surface area contributed by atoms with Crippen LogP contribution in [-0.4, -0.2) is 29.2 Å². The number of amides is 1. The SMILES string of the molecule is O=C1O[C@@H]2C=C[C@@]3(CCCN13)C2. The highest BCUT2D eigenvalue weighted by Gasteiger charge is 2.51. The smallest absolute Gasteiger partial charge is 0.411 e. The molecular formula is C9H11NO2. The standard InChI is InChI=1S/C9H11NO2/c11-8-10-5-1-3-9(10)4-2-7(6-9)12-8/h2,4,7H,1,3,5-6H2/t7-,9+/m1/s1. The van der Waals surface area contributed by atoms with Crippen LogP contribution in [0.3, 0.4) is 0 Å². The van der Waals surface area contributed by atoms with Gasteiger partial charge < -0.3 is 4.74 Å². The lowest BCUT2D eigenvalue weighted by molar-refractivity contribution is 0.0199. The van der Waals surface area contributed by atoms with Crippen LogP contribution < -0.4 is 0 Å². The van der Waals surface area contributed by atoms with Crippen LogP contribution in [0.1, 0.15) is 19.3 Å². The quantitative estimate of drug-likeness (QED) is 0.506. The highest BCUT2D eigenvalue weighted by molar-refractivity contribution is 5.72. The molecule has 12 heavy (non-hydrogen) atoms. The zero-order valence-electron chi connectivity index (χ0n) is 6.82. The van der Waals surface area contributed by atoms with Crippen LogP contribution in [-0.2, 0) is 4.74 Å². The van der Waals surface area contributed by atoms with Crippen molar-refractivity contribution in [1.82, 2.24) is 4.90 Å². The van der Waals surface area contributed by atoms with Gasteiger partial charge in [-0.25, -0.2) is 4.79 Å². The van der Waals surface area contributed by atoms with Crippen molar-refractivity contribution in [3.63, 3.8) is 0 Å². The molecule has 1 amide bonds. The maximum atomic E-state index is 11.4. The fraction of sp³-hybridized carbons (Fsp3) is 0.667. The van der Waals surface area contributed by atoms with Crippen LogP contribution in [0.4, 0.5) is 4.79 Å². The summed E-state index contributed by atoms with van der Waals surface area (Å²) in [6.45, 7) is 0.871. The first-order valence-electron chi connectivity index (χ1n) is 4.48. The molecule has 2 bridgehead atoms. The van der Waals surface area contributed by atoms with Gasteiger partial charge in [0.1, 0.15) is 6.10 Å². The molecule has 2 atom stereocenters. The molecule has 2 aliphatic heterocycles. The number of carbonyl (C=O) groups is 1. The van der Waals surface area contributed by atoms with Crippen LogP contribution >= 0.6 is 0 Å². The first kappa shape index (κ1) is 6.52. The fourth-order valence-corrected chi connectivity index (χ4v) is 2.60. The number of rotatable bonds is 0. The maximum Gasteiger partial charge on any atom is 0.411 e. The number of fused-ring (bicyclic) bond motifs is 1. The number of hydrogen-bond donors (Lipinski definition) is 0. The van der Waals surface area contributed by atoms with E-state index in [0.717, 1.165) is 25.8 Å². The van der Waals surface area contributed by atoms with Gasteiger partial charge in [-0.05, 0) is 18.9 Å². The summed E-state index contributed by atoms with van der Waals surface area (Å²) in [6, 6.07) is 0. The van der Waals surface area contributed by atoms with E-state index >= 15 is 0 Å². The van der Waals surface area contributed by atoms with E-state index in [0.29, 0.717) is 0 Å². The van der Waals surface area contributed by atoms with Crippen molar-refractivity contribution in [3.05, 3.63) is 12.2 Å². The number of ether oxygens (including phenoxy) is 1. The molecule has 2 heterocycles. The third-order valence-corrected chi connectivity index (χ3v) is 3.18. The van der Waals surface area contributed by atoms with Crippen molar-refractivity contribution in [2.45, 2.75) is 30.9 Å². The fourth-order valence-electron chi connectivity index (χ4n) is 2.60. The lowest BCUT2D eigenvalue weighted by Crippen LogP contribution is -2.50. The highest BCUT2D eigenvalue weighted by atomic mass is 16.6. The third-order valence-electron chi connectivity index (χ3n) is 3.18. The maximum absolute atomic E-state index is 11.4. The Kier molecular flexibility index (Phi) is 1.000. The Labute approximate surface area is 71.0 Å². The van der Waals surface area contributed by atoms with Crippen LogP contribution in [0.15, 0.2) is 12.2 Å². The minimum Gasteiger partial charge on any atom is -0.442 e. The minimum atomic E-state index is -0.117. The Morgan fingerprint density at radius 3 is 3.50 bits per heavy atom. The van der Waals surface area contributed by atoms with E-state index in [2.05, 4.69) is 6.08 Å². The van der Waals surface area contributed by atoms with Gasteiger partial charge in [0.15, 0.2) is 0 Å². The van der Waals surface area contributed by atoms with E-state index in [1.165, 1.54) is 0 Å². The van der Waals surface area contributed by atoms with Gasteiger partial charge in [0.05, 0.1) is 5.54 Å². The number of carbonyl (C=O) groups excluding carboxylic acids is 1. The van der Waals surface area contributed by atoms with Crippen LogP contribution in [0.5, 0.6) is 0 Å². The van der Waals surface area contributed by atoms with Gasteiger partial charge in [-0.3, -0.25) is 4.90 Å². The van der Waals surface area contributed by atoms with Gasteiger partial charge in [0.25, 0.3) is 0 Å². The Morgan fingerprint density at radius 1 is 1.67 bits per heavy atom. The van der Waals surface area contributed by atoms with E-state index in [4.69, 9.17) is 4.74 Å². The molecule has 2 saturated heterocycles. The van der Waals surface area contributed by atoms with E-state index in [1.54, 1.807) is 0 Å². The topological polar surface area (TPSA) is 29.5 Å². The lowest BCUT2D eigenvalue weighted by Gasteiger charge is -2.37. The Hall–Kier alpha value is -0.990. The zero-order chi connectivity index (χ0) is 8.18. The third kappa shape index (κ3) is 0.601. The van der Waals surface area contributed by atoms with Gasteiger partial charge in [-0.15, -0.1) is 0 Å². The predicted octanol–water partition coefficient (Wildman–Crippen LogP) is 1.30. The molecule has 0 aromatic heterocycles. The van der Waals surface area contributed by atoms with Crippen molar-refractivity contribution in [3.8, 4) is 0 Å². The van der Waals surface area contributed by atoms with Crippen LogP contribution in [0.2, 0.25) is 0 Å². The van der Waals surface area contributed by atoms with Crippen LogP contribution in [0, 0.1) is 0 Å². The highest BCUT2D eigenvalue weighted by Crippen LogP contribution is 2.43. The van der Waals surface area contributed by atoms with E-state index < -0.39 is 0 Å². The second kappa shape index (κ2) is 1.84. The van der Waals surface area contributed by atoms with E-state index in [1.807, 2.05) is 11.0 Å². The van der Waals surface area contributed by atoms with Crippen molar-refractivity contribution in [2.75, 3.05) is 6.54 Å². The van der Waals surface area contributed by atoms with E-state index in [9.17, 15) is 4.79 Å². The van der Waals surface area contributed by atoms with Crippen molar-refractivity contribution >= 4 is 6.09 Å². The molecule has 0 radical (unpaired) electrons. The second-order valence-corrected chi connectivity index (χ2v) is 3.84. The monoisotopic (exact) mass is 165 g/mol. The molecule has 0 unspecified atom stereocenters. The molecule has 2 fully saturated rings. The molecule has 1 spiro atoms. The summed E-state index contributed by atoms with van der Waals surface area (Å²) in [5, 5.41) is 0. The van der Waals surface area contributed by atoms with Gasteiger partial charge in [0, 0.05) is 13.0 Å². The summed E-state index contributed by atoms with van der Waals surface area (Å²) in [6.07, 6.45) is 7.36. The van der Waals surface area contributed by atoms with Gasteiger partial charge >= 0.3 is 6.09 Å². The molecule has 1 aliphatic carbocycles. The molecule has 0 aromatic rings. The molecule has 3 aliphatic rings. The normalized spacial score (nSPS) is 43.2. The average molecular weight is 165 g/mol. The Bertz CT molecular complexity index is 274. The molecule has 3 rings (SSSR count). The Morgan fingerprint density at radius 2 is 2.58 bits per heavy atom. The first-order valence-corrected chi connectivity index (χ1v) is 4.48. The summed E-state index contributed by atoms with van der Waals surface area (Å²) >= 11 is 0. The van der Waals surface area contributed by atoms with Crippen molar-refractivity contribution in [2.24, 2.45) is 0 Å². The molecule has 0 aromatic carbocycles. The molecular weight excluding hydrogens is 154 g/mol. The predicted molar refractivity (Wildman–Crippen MR) is 42.7 cm³/mol. The summed E-state index contributed by atoms with van der Waals surface area (Å²) in [4.78, 5) is 13.3. The first-order chi connectivity index (χ1) is 5.80. The summed E-state index contributed by atoms with van der Waals surface area (Å²) in [5.41, 5.74) is 0.0556. The van der Waals surface area contributed by atoms with E-state index in [-0.39, 0.29) is 17.7 Å².